The molecule has 0 aromatic heterocycles. The van der Waals surface area contributed by atoms with Crippen LogP contribution in [0.15, 0.2) is 24.3 Å². The van der Waals surface area contributed by atoms with Crippen molar-refractivity contribution in [3.8, 4) is 0 Å². The molecule has 1 aromatic carbocycles. The van der Waals surface area contributed by atoms with Crippen LogP contribution in [0.3, 0.4) is 0 Å². The molecular formula is C16H21ClN2O2. The Kier molecular flexibility index (Phi) is 5.23. The molecule has 1 fully saturated rings. The predicted octanol–water partition coefficient (Wildman–Crippen LogP) is 2.26. The molecule has 0 saturated carbocycles. The normalized spacial score (nSPS) is 18.4. The lowest BCUT2D eigenvalue weighted by Gasteiger charge is -2.19. The maximum atomic E-state index is 12.1. The number of likely N-dealkylation sites (tertiary alicyclic amines) is 1. The molecule has 21 heavy (non-hydrogen) atoms. The summed E-state index contributed by atoms with van der Waals surface area (Å²) >= 11 is 6.05. The summed E-state index contributed by atoms with van der Waals surface area (Å²) in [5.74, 6) is 0.463. The molecule has 1 aliphatic heterocycles. The number of hydrogen-bond acceptors (Lipinski definition) is 2. The fraction of sp³-hybridized carbons (Fsp3) is 0.500. The summed E-state index contributed by atoms with van der Waals surface area (Å²) < 4.78 is 0. The van der Waals surface area contributed by atoms with Crippen molar-refractivity contribution in [2.24, 2.45) is 5.92 Å². The zero-order valence-electron chi connectivity index (χ0n) is 12.4. The lowest BCUT2D eigenvalue weighted by Crippen LogP contribution is -2.38. The van der Waals surface area contributed by atoms with Crippen LogP contribution >= 0.6 is 11.6 Å². The SMILES string of the molecule is CC(C)CN1CC(NC(=O)Cc2ccccc2Cl)CC1=O. The van der Waals surface area contributed by atoms with Crippen molar-refractivity contribution in [2.75, 3.05) is 13.1 Å². The minimum atomic E-state index is -0.0914. The molecule has 2 amide bonds. The van der Waals surface area contributed by atoms with Crippen molar-refractivity contribution >= 4 is 23.4 Å². The minimum Gasteiger partial charge on any atom is -0.351 e. The summed E-state index contributed by atoms with van der Waals surface area (Å²) in [4.78, 5) is 25.7. The van der Waals surface area contributed by atoms with Crippen molar-refractivity contribution < 1.29 is 9.59 Å². The van der Waals surface area contributed by atoms with E-state index in [4.69, 9.17) is 11.6 Å². The summed E-state index contributed by atoms with van der Waals surface area (Å²) in [5.41, 5.74) is 0.806. The molecule has 1 N–H and O–H groups in total. The van der Waals surface area contributed by atoms with Crippen LogP contribution in [-0.4, -0.2) is 35.8 Å². The minimum absolute atomic E-state index is 0.0905. The highest BCUT2D eigenvalue weighted by molar-refractivity contribution is 6.31. The van der Waals surface area contributed by atoms with E-state index in [0.717, 1.165) is 12.1 Å². The van der Waals surface area contributed by atoms with E-state index in [9.17, 15) is 9.59 Å². The Bertz CT molecular complexity index is 531. The molecule has 1 heterocycles. The zero-order chi connectivity index (χ0) is 15.4. The lowest BCUT2D eigenvalue weighted by atomic mass is 10.1. The average molecular weight is 309 g/mol. The van der Waals surface area contributed by atoms with E-state index in [1.54, 1.807) is 6.07 Å². The number of carbonyl (C=O) groups is 2. The van der Waals surface area contributed by atoms with E-state index >= 15 is 0 Å². The third-order valence-corrected chi connectivity index (χ3v) is 3.84. The smallest absolute Gasteiger partial charge is 0.224 e. The third kappa shape index (κ3) is 4.46. The third-order valence-electron chi connectivity index (χ3n) is 3.47. The van der Waals surface area contributed by atoms with Crippen molar-refractivity contribution in [2.45, 2.75) is 32.7 Å². The van der Waals surface area contributed by atoms with Gasteiger partial charge in [0.1, 0.15) is 0 Å². The van der Waals surface area contributed by atoms with Gasteiger partial charge in [-0.05, 0) is 17.5 Å². The van der Waals surface area contributed by atoms with Gasteiger partial charge in [0, 0.05) is 24.5 Å². The number of amides is 2. The molecule has 0 spiro atoms. The van der Waals surface area contributed by atoms with E-state index in [-0.39, 0.29) is 24.3 Å². The van der Waals surface area contributed by atoms with Gasteiger partial charge in [0.05, 0.1) is 12.5 Å². The van der Waals surface area contributed by atoms with Crippen LogP contribution in [0, 0.1) is 5.92 Å². The van der Waals surface area contributed by atoms with Crippen molar-refractivity contribution in [3.05, 3.63) is 34.9 Å². The fourth-order valence-corrected chi connectivity index (χ4v) is 2.78. The van der Waals surface area contributed by atoms with Crippen LogP contribution < -0.4 is 5.32 Å². The Morgan fingerprint density at radius 2 is 2.14 bits per heavy atom. The Hall–Kier alpha value is -1.55. The van der Waals surface area contributed by atoms with Crippen LogP contribution in [-0.2, 0) is 16.0 Å². The fourth-order valence-electron chi connectivity index (χ4n) is 2.58. The number of benzene rings is 1. The Labute approximate surface area is 130 Å². The second-order valence-electron chi connectivity index (χ2n) is 5.93. The van der Waals surface area contributed by atoms with Gasteiger partial charge < -0.3 is 10.2 Å². The standard InChI is InChI=1S/C16H21ClN2O2/c1-11(2)9-19-10-13(8-16(19)21)18-15(20)7-12-5-3-4-6-14(12)17/h3-6,11,13H,7-10H2,1-2H3,(H,18,20). The second-order valence-corrected chi connectivity index (χ2v) is 6.34. The van der Waals surface area contributed by atoms with Gasteiger partial charge in [-0.2, -0.15) is 0 Å². The Balaban J connectivity index is 1.87. The number of halogens is 1. The van der Waals surface area contributed by atoms with Crippen LogP contribution in [0.25, 0.3) is 0 Å². The van der Waals surface area contributed by atoms with E-state index in [1.165, 1.54) is 0 Å². The average Bonchev–Trinajstić information content (AvgIpc) is 2.71. The quantitative estimate of drug-likeness (QED) is 0.907. The zero-order valence-corrected chi connectivity index (χ0v) is 13.2. The molecular weight excluding hydrogens is 288 g/mol. The summed E-state index contributed by atoms with van der Waals surface area (Å²) in [5, 5.41) is 3.52. The monoisotopic (exact) mass is 308 g/mol. The van der Waals surface area contributed by atoms with Crippen LogP contribution in [0.4, 0.5) is 0 Å². The molecule has 1 unspecified atom stereocenters. The summed E-state index contributed by atoms with van der Waals surface area (Å²) in [6, 6.07) is 7.22. The molecule has 1 aliphatic rings. The number of nitrogens with zero attached hydrogens (tertiary/aromatic N) is 1. The molecule has 1 aromatic rings. The van der Waals surface area contributed by atoms with E-state index < -0.39 is 0 Å². The van der Waals surface area contributed by atoms with Gasteiger partial charge in [-0.25, -0.2) is 0 Å². The summed E-state index contributed by atoms with van der Waals surface area (Å²) in [6.45, 7) is 5.51. The van der Waals surface area contributed by atoms with Crippen LogP contribution in [0.1, 0.15) is 25.8 Å². The van der Waals surface area contributed by atoms with Gasteiger partial charge in [0.25, 0.3) is 0 Å². The van der Waals surface area contributed by atoms with Gasteiger partial charge in [-0.3, -0.25) is 9.59 Å². The first kappa shape index (κ1) is 15.8. The molecule has 4 nitrogen and oxygen atoms in total. The number of nitrogens with one attached hydrogen (secondary N) is 1. The van der Waals surface area contributed by atoms with Gasteiger partial charge in [0.2, 0.25) is 11.8 Å². The molecule has 0 bridgehead atoms. The highest BCUT2D eigenvalue weighted by Crippen LogP contribution is 2.16. The van der Waals surface area contributed by atoms with Crippen molar-refractivity contribution in [1.29, 1.82) is 0 Å². The molecule has 0 aliphatic carbocycles. The highest BCUT2D eigenvalue weighted by Gasteiger charge is 2.30. The van der Waals surface area contributed by atoms with Crippen LogP contribution in [0.2, 0.25) is 5.02 Å². The van der Waals surface area contributed by atoms with Crippen molar-refractivity contribution in [1.82, 2.24) is 10.2 Å². The lowest BCUT2D eigenvalue weighted by molar-refractivity contribution is -0.128. The number of hydrogen-bond donors (Lipinski definition) is 1. The Morgan fingerprint density at radius 3 is 2.81 bits per heavy atom. The van der Waals surface area contributed by atoms with E-state index in [2.05, 4.69) is 19.2 Å². The molecule has 2 rings (SSSR count). The molecule has 1 saturated heterocycles. The molecule has 1 atom stereocenters. The number of carbonyl (C=O) groups excluding carboxylic acids is 2. The van der Waals surface area contributed by atoms with Gasteiger partial charge >= 0.3 is 0 Å². The summed E-state index contributed by atoms with van der Waals surface area (Å²) in [6.07, 6.45) is 0.634. The molecule has 114 valence electrons. The first-order valence-corrected chi connectivity index (χ1v) is 7.64. The maximum Gasteiger partial charge on any atom is 0.224 e. The number of rotatable bonds is 5. The molecule has 5 heteroatoms. The topological polar surface area (TPSA) is 49.4 Å². The second kappa shape index (κ2) is 6.94. The van der Waals surface area contributed by atoms with Crippen molar-refractivity contribution in [3.63, 3.8) is 0 Å². The van der Waals surface area contributed by atoms with E-state index in [1.807, 2.05) is 23.1 Å². The maximum absolute atomic E-state index is 12.1. The summed E-state index contributed by atoms with van der Waals surface area (Å²) in [7, 11) is 0. The first-order valence-electron chi connectivity index (χ1n) is 7.26. The largest absolute Gasteiger partial charge is 0.351 e. The van der Waals surface area contributed by atoms with Crippen LogP contribution in [0.5, 0.6) is 0 Å². The van der Waals surface area contributed by atoms with E-state index in [0.29, 0.717) is 23.9 Å². The van der Waals surface area contributed by atoms with Gasteiger partial charge in [0.15, 0.2) is 0 Å². The first-order chi connectivity index (χ1) is 9.95. The highest BCUT2D eigenvalue weighted by atomic mass is 35.5. The van der Waals surface area contributed by atoms with Gasteiger partial charge in [-0.1, -0.05) is 43.6 Å². The van der Waals surface area contributed by atoms with Gasteiger partial charge in [-0.15, -0.1) is 0 Å². The molecule has 0 radical (unpaired) electrons. The predicted molar refractivity (Wildman–Crippen MR) is 83.1 cm³/mol. The Morgan fingerprint density at radius 1 is 1.43 bits per heavy atom.